The van der Waals surface area contributed by atoms with Crippen molar-refractivity contribution in [2.45, 2.75) is 5.71 Å². The fourth-order valence-corrected chi connectivity index (χ4v) is 0. The van der Waals surface area contributed by atoms with Crippen molar-refractivity contribution < 1.29 is 5.11 Å². The van der Waals surface area contributed by atoms with Crippen LogP contribution in [0.2, 0.25) is 5.71 Å². The standard InChI is InChI=1S/C2H7AsO/c1-3-2-4/h3-4H,2H2,1H3. The van der Waals surface area contributed by atoms with Crippen molar-refractivity contribution in [1.29, 1.82) is 0 Å². The van der Waals surface area contributed by atoms with E-state index in [0.29, 0.717) is 5.39 Å². The zero-order valence-electron chi connectivity index (χ0n) is 2.65. The van der Waals surface area contributed by atoms with Crippen LogP contribution >= 0.6 is 0 Å². The zero-order chi connectivity index (χ0) is 3.41. The van der Waals surface area contributed by atoms with Crippen LogP contribution in [0.3, 0.4) is 0 Å². The Morgan fingerprint density at radius 2 is 2.25 bits per heavy atom. The van der Waals surface area contributed by atoms with Crippen molar-refractivity contribution in [2.24, 2.45) is 0 Å². The minimum absolute atomic E-state index is 0.0694. The normalized spacial score (nSPS) is 10.5. The van der Waals surface area contributed by atoms with Crippen LogP contribution in [-0.4, -0.2) is 26.3 Å². The van der Waals surface area contributed by atoms with Gasteiger partial charge in [-0.3, -0.25) is 0 Å². The molecule has 1 N–H and O–H groups in total. The molecule has 1 nitrogen and oxygen atoms in total. The molecule has 0 rings (SSSR count). The topological polar surface area (TPSA) is 20.2 Å². The van der Waals surface area contributed by atoms with Crippen molar-refractivity contribution in [3.63, 3.8) is 0 Å². The van der Waals surface area contributed by atoms with Crippen LogP contribution in [0.4, 0.5) is 0 Å². The van der Waals surface area contributed by atoms with Gasteiger partial charge < -0.3 is 0 Å². The van der Waals surface area contributed by atoms with Gasteiger partial charge in [-0.25, -0.2) is 0 Å². The Morgan fingerprint density at radius 3 is 2.25 bits per heavy atom. The van der Waals surface area contributed by atoms with Crippen LogP contribution < -0.4 is 0 Å². The number of rotatable bonds is 1. The first-order valence-corrected chi connectivity index (χ1v) is 4.75. The average molecular weight is 122 g/mol. The van der Waals surface area contributed by atoms with E-state index >= 15 is 0 Å². The molecule has 0 bridgehead atoms. The Bertz CT molecular complexity index is 8.00. The molecule has 26 valence electrons. The summed E-state index contributed by atoms with van der Waals surface area (Å²) < 4.78 is 0. The summed E-state index contributed by atoms with van der Waals surface area (Å²) in [5, 5.41) is 8.38. The predicted molar refractivity (Wildman–Crippen MR) is 20.1 cm³/mol. The molecule has 4 heavy (non-hydrogen) atoms. The maximum absolute atomic E-state index is 7.93. The van der Waals surface area contributed by atoms with Gasteiger partial charge in [-0.2, -0.15) is 0 Å². The van der Waals surface area contributed by atoms with Gasteiger partial charge in [0.05, 0.1) is 0 Å². The summed E-state index contributed by atoms with van der Waals surface area (Å²) >= 11 is 0.0694. The van der Waals surface area contributed by atoms with Gasteiger partial charge in [0.15, 0.2) is 0 Å². The van der Waals surface area contributed by atoms with Gasteiger partial charge in [-0.1, -0.05) is 0 Å². The Morgan fingerprint density at radius 1 is 2.00 bits per heavy atom. The zero-order valence-corrected chi connectivity index (χ0v) is 4.75. The van der Waals surface area contributed by atoms with Crippen LogP contribution in [0.1, 0.15) is 0 Å². The van der Waals surface area contributed by atoms with Crippen molar-refractivity contribution in [3.8, 4) is 0 Å². The predicted octanol–water partition coefficient (Wildman–Crippen LogP) is -0.579. The maximum atomic E-state index is 7.93. The first-order chi connectivity index (χ1) is 1.91. The fraction of sp³-hybridized carbons (Fsp3) is 1.00. The quantitative estimate of drug-likeness (QED) is 0.461. The monoisotopic (exact) mass is 122 g/mol. The van der Waals surface area contributed by atoms with Crippen LogP contribution in [-0.2, 0) is 0 Å². The summed E-state index contributed by atoms with van der Waals surface area (Å²) in [6.07, 6.45) is 0. The molecule has 0 heterocycles. The first kappa shape index (κ1) is 4.52. The molecule has 1 unspecified atom stereocenters. The molecule has 1 atom stereocenters. The van der Waals surface area contributed by atoms with Crippen molar-refractivity contribution in [3.05, 3.63) is 0 Å². The summed E-state index contributed by atoms with van der Waals surface area (Å²) in [5.74, 6) is 0. The molecular formula is C2H7AsO. The Hall–Kier alpha value is 0.518. The second kappa shape index (κ2) is 3.52. The third-order valence-corrected chi connectivity index (χ3v) is 0.822. The SMILES string of the molecule is C[AsH]CO. The first-order valence-electron chi connectivity index (χ1n) is 1.17. The van der Waals surface area contributed by atoms with E-state index in [4.69, 9.17) is 5.11 Å². The van der Waals surface area contributed by atoms with Gasteiger partial charge in [0.25, 0.3) is 0 Å². The van der Waals surface area contributed by atoms with E-state index < -0.39 is 0 Å². The van der Waals surface area contributed by atoms with E-state index in [1.165, 1.54) is 0 Å². The van der Waals surface area contributed by atoms with E-state index in [1.54, 1.807) is 0 Å². The molecule has 0 spiro atoms. The number of hydrogen-bond acceptors (Lipinski definition) is 1. The molecule has 0 aromatic heterocycles. The van der Waals surface area contributed by atoms with E-state index in [-0.39, 0.29) is 15.8 Å². The van der Waals surface area contributed by atoms with Gasteiger partial charge in [0, 0.05) is 0 Å². The van der Waals surface area contributed by atoms with Gasteiger partial charge in [-0.15, -0.1) is 0 Å². The van der Waals surface area contributed by atoms with Crippen LogP contribution in [0.25, 0.3) is 0 Å². The summed E-state index contributed by atoms with van der Waals surface area (Å²) in [6.45, 7) is 0. The summed E-state index contributed by atoms with van der Waals surface area (Å²) in [6, 6.07) is 0. The number of aliphatic hydroxyl groups excluding tert-OH is 1. The molecule has 0 aliphatic rings. The molecule has 0 amide bonds. The molecule has 0 aliphatic heterocycles. The third-order valence-electron chi connectivity index (χ3n) is 0.158. The molecule has 0 aromatic rings. The third kappa shape index (κ3) is 2.52. The number of hydrogen-bond donors (Lipinski definition) is 1. The molecule has 0 aromatic carbocycles. The van der Waals surface area contributed by atoms with Crippen molar-refractivity contribution in [2.75, 3.05) is 5.39 Å². The van der Waals surface area contributed by atoms with Crippen molar-refractivity contribution >= 4 is 15.8 Å². The number of aliphatic hydroxyl groups is 1. The second-order valence-electron chi connectivity index (χ2n) is 0.512. The minimum atomic E-state index is 0.0694. The van der Waals surface area contributed by atoms with Crippen LogP contribution in [0.15, 0.2) is 0 Å². The van der Waals surface area contributed by atoms with Gasteiger partial charge >= 0.3 is 32.0 Å². The Labute approximate surface area is 32.7 Å². The van der Waals surface area contributed by atoms with E-state index in [0.717, 1.165) is 0 Å². The van der Waals surface area contributed by atoms with Crippen LogP contribution in [0, 0.1) is 0 Å². The molecule has 0 saturated heterocycles. The summed E-state index contributed by atoms with van der Waals surface area (Å²) in [5.41, 5.74) is 2.06. The van der Waals surface area contributed by atoms with Gasteiger partial charge in [-0.05, 0) is 0 Å². The van der Waals surface area contributed by atoms with E-state index in [9.17, 15) is 0 Å². The van der Waals surface area contributed by atoms with E-state index in [1.807, 2.05) is 0 Å². The molecular weight excluding hydrogens is 115 g/mol. The second-order valence-corrected chi connectivity index (χ2v) is 2.66. The van der Waals surface area contributed by atoms with Gasteiger partial charge in [0.2, 0.25) is 0 Å². The Balaban J connectivity index is 1.97. The average Bonchev–Trinajstić information content (AvgIpc) is 1.37. The summed E-state index contributed by atoms with van der Waals surface area (Å²) in [4.78, 5) is 0. The summed E-state index contributed by atoms with van der Waals surface area (Å²) in [7, 11) is 0. The molecule has 0 radical (unpaired) electrons. The molecule has 2 heteroatoms. The Kier molecular flexibility index (Phi) is 3.97. The van der Waals surface area contributed by atoms with Crippen LogP contribution in [0.5, 0.6) is 0 Å². The fourth-order valence-electron chi connectivity index (χ4n) is 0. The van der Waals surface area contributed by atoms with E-state index in [2.05, 4.69) is 5.71 Å². The van der Waals surface area contributed by atoms with Gasteiger partial charge in [0.1, 0.15) is 0 Å². The molecule has 0 fully saturated rings. The van der Waals surface area contributed by atoms with Crippen molar-refractivity contribution in [1.82, 2.24) is 0 Å². The molecule has 0 saturated carbocycles. The molecule has 0 aliphatic carbocycles.